The van der Waals surface area contributed by atoms with Gasteiger partial charge in [0, 0.05) is 31.5 Å². The van der Waals surface area contributed by atoms with Crippen LogP contribution in [0.1, 0.15) is 43.2 Å². The molecular weight excluding hydrogens is 378 g/mol. The molecule has 2 aromatic rings. The quantitative estimate of drug-likeness (QED) is 0.812. The minimum absolute atomic E-state index is 0.243. The Hall–Kier alpha value is -2.69. The van der Waals surface area contributed by atoms with Crippen molar-refractivity contribution >= 4 is 5.91 Å². The monoisotopic (exact) mass is 407 g/mol. The molecule has 3 aliphatic rings. The molecule has 5 rings (SSSR count). The van der Waals surface area contributed by atoms with Crippen molar-refractivity contribution in [3.63, 3.8) is 0 Å². The molecule has 0 aromatic heterocycles. The molecule has 5 heteroatoms. The van der Waals surface area contributed by atoms with Crippen LogP contribution in [0.3, 0.4) is 0 Å². The molecule has 30 heavy (non-hydrogen) atoms. The SMILES string of the molecule is O=C(N1CCCC(COc2ccc3c(c2)OCC3)C1)C1(c2ccc(O)cc2)CCC1. The van der Waals surface area contributed by atoms with Crippen LogP contribution in [0.15, 0.2) is 42.5 Å². The number of ether oxygens (including phenoxy) is 2. The zero-order valence-electron chi connectivity index (χ0n) is 17.3. The lowest BCUT2D eigenvalue weighted by Crippen LogP contribution is -2.54. The first kappa shape index (κ1) is 19.3. The van der Waals surface area contributed by atoms with Gasteiger partial charge in [0.15, 0.2) is 0 Å². The average molecular weight is 408 g/mol. The zero-order valence-corrected chi connectivity index (χ0v) is 17.3. The van der Waals surface area contributed by atoms with Crippen molar-refractivity contribution < 1.29 is 19.4 Å². The van der Waals surface area contributed by atoms with Crippen LogP contribution in [-0.2, 0) is 16.6 Å². The van der Waals surface area contributed by atoms with Crippen LogP contribution in [-0.4, -0.2) is 42.2 Å². The van der Waals surface area contributed by atoms with Gasteiger partial charge in [0.25, 0.3) is 0 Å². The van der Waals surface area contributed by atoms with E-state index >= 15 is 0 Å². The highest BCUT2D eigenvalue weighted by atomic mass is 16.5. The molecule has 0 bridgehead atoms. The van der Waals surface area contributed by atoms with Crippen LogP contribution in [0.4, 0.5) is 0 Å². The summed E-state index contributed by atoms with van der Waals surface area (Å²) >= 11 is 0. The Kier molecular flexibility index (Phi) is 5.05. The van der Waals surface area contributed by atoms with Gasteiger partial charge < -0.3 is 19.5 Å². The number of phenols is 1. The standard InChI is InChI=1S/C25H29NO4/c27-21-7-5-20(6-8-21)25(11-2-12-25)24(28)26-13-1-3-18(16-26)17-30-22-9-4-19-10-14-29-23(19)15-22/h4-9,15,18,27H,1-3,10-14,16-17H2. The van der Waals surface area contributed by atoms with Gasteiger partial charge in [-0.25, -0.2) is 0 Å². The van der Waals surface area contributed by atoms with E-state index in [1.165, 1.54) is 5.56 Å². The summed E-state index contributed by atoms with van der Waals surface area (Å²) in [4.78, 5) is 15.6. The maximum absolute atomic E-state index is 13.5. The van der Waals surface area contributed by atoms with Crippen molar-refractivity contribution in [1.82, 2.24) is 4.90 Å². The molecule has 1 saturated carbocycles. The van der Waals surface area contributed by atoms with Gasteiger partial charge in [0.2, 0.25) is 5.91 Å². The van der Waals surface area contributed by atoms with Gasteiger partial charge >= 0.3 is 0 Å². The Morgan fingerprint density at radius 1 is 1.17 bits per heavy atom. The van der Waals surface area contributed by atoms with Crippen molar-refractivity contribution in [2.75, 3.05) is 26.3 Å². The van der Waals surface area contributed by atoms with Gasteiger partial charge in [0.05, 0.1) is 18.6 Å². The fourth-order valence-electron chi connectivity index (χ4n) is 5.08. The van der Waals surface area contributed by atoms with Crippen LogP contribution in [0, 0.1) is 5.92 Å². The normalized spacial score (nSPS) is 22.0. The average Bonchev–Trinajstić information content (AvgIpc) is 3.21. The zero-order chi connectivity index (χ0) is 20.6. The molecule has 0 radical (unpaired) electrons. The molecule has 2 aliphatic heterocycles. The minimum atomic E-state index is -0.409. The number of rotatable bonds is 5. The lowest BCUT2D eigenvalue weighted by molar-refractivity contribution is -0.143. The Bertz CT molecular complexity index is 919. The Balaban J connectivity index is 1.23. The second-order valence-electron chi connectivity index (χ2n) is 8.92. The predicted octanol–water partition coefficient (Wildman–Crippen LogP) is 4.07. The second-order valence-corrected chi connectivity index (χ2v) is 8.92. The number of carbonyl (C=O) groups excluding carboxylic acids is 1. The Morgan fingerprint density at radius 3 is 2.77 bits per heavy atom. The first-order valence-electron chi connectivity index (χ1n) is 11.1. The molecule has 0 spiro atoms. The fourth-order valence-corrected chi connectivity index (χ4v) is 5.08. The number of fused-ring (bicyclic) bond motifs is 1. The lowest BCUT2D eigenvalue weighted by Gasteiger charge is -2.46. The van der Waals surface area contributed by atoms with E-state index in [0.717, 1.165) is 75.3 Å². The van der Waals surface area contributed by atoms with Gasteiger partial charge in [-0.1, -0.05) is 24.6 Å². The third kappa shape index (κ3) is 3.51. The van der Waals surface area contributed by atoms with Crippen LogP contribution >= 0.6 is 0 Å². The Labute approximate surface area is 177 Å². The molecule has 2 heterocycles. The number of phenolic OH excluding ortho intramolecular Hbond substituents is 1. The van der Waals surface area contributed by atoms with Gasteiger partial charge in [-0.15, -0.1) is 0 Å². The molecule has 2 fully saturated rings. The summed E-state index contributed by atoms with van der Waals surface area (Å²) in [6.07, 6.45) is 5.93. The molecular formula is C25H29NO4. The third-order valence-corrected chi connectivity index (χ3v) is 7.00. The third-order valence-electron chi connectivity index (χ3n) is 7.00. The number of aromatic hydroxyl groups is 1. The highest BCUT2D eigenvalue weighted by Gasteiger charge is 2.48. The van der Waals surface area contributed by atoms with Crippen molar-refractivity contribution in [3.8, 4) is 17.2 Å². The highest BCUT2D eigenvalue weighted by Crippen LogP contribution is 2.46. The summed E-state index contributed by atoms with van der Waals surface area (Å²) < 4.78 is 11.7. The van der Waals surface area contributed by atoms with Crippen molar-refractivity contribution in [2.24, 2.45) is 5.92 Å². The smallest absolute Gasteiger partial charge is 0.233 e. The molecule has 5 nitrogen and oxygen atoms in total. The molecule has 1 amide bonds. The number of hydrogen-bond acceptors (Lipinski definition) is 4. The number of likely N-dealkylation sites (tertiary alicyclic amines) is 1. The lowest BCUT2D eigenvalue weighted by atomic mass is 9.63. The van der Waals surface area contributed by atoms with Crippen LogP contribution in [0.5, 0.6) is 17.2 Å². The highest BCUT2D eigenvalue weighted by molar-refractivity contribution is 5.89. The largest absolute Gasteiger partial charge is 0.508 e. The summed E-state index contributed by atoms with van der Waals surface area (Å²) in [5.74, 6) is 2.61. The topological polar surface area (TPSA) is 59.0 Å². The van der Waals surface area contributed by atoms with E-state index in [1.54, 1.807) is 12.1 Å². The number of piperidine rings is 1. The van der Waals surface area contributed by atoms with Gasteiger partial charge in [0.1, 0.15) is 17.2 Å². The summed E-state index contributed by atoms with van der Waals surface area (Å²) in [6, 6.07) is 13.3. The summed E-state index contributed by atoms with van der Waals surface area (Å²) in [5, 5.41) is 9.62. The maximum atomic E-state index is 13.5. The van der Waals surface area contributed by atoms with Crippen LogP contribution in [0.2, 0.25) is 0 Å². The maximum Gasteiger partial charge on any atom is 0.233 e. The van der Waals surface area contributed by atoms with Gasteiger partial charge in [-0.3, -0.25) is 4.79 Å². The number of hydrogen-bond donors (Lipinski definition) is 1. The van der Waals surface area contributed by atoms with E-state index in [1.807, 2.05) is 24.3 Å². The predicted molar refractivity (Wildman–Crippen MR) is 114 cm³/mol. The molecule has 1 atom stereocenters. The van der Waals surface area contributed by atoms with E-state index in [9.17, 15) is 9.90 Å². The number of nitrogens with zero attached hydrogens (tertiary/aromatic N) is 1. The number of amides is 1. The van der Waals surface area contributed by atoms with E-state index in [-0.39, 0.29) is 11.7 Å². The van der Waals surface area contributed by atoms with E-state index < -0.39 is 5.41 Å². The number of benzene rings is 2. The van der Waals surface area contributed by atoms with Crippen LogP contribution < -0.4 is 9.47 Å². The van der Waals surface area contributed by atoms with Gasteiger partial charge in [-0.2, -0.15) is 0 Å². The summed E-state index contributed by atoms with van der Waals surface area (Å²) in [7, 11) is 0. The molecule has 158 valence electrons. The van der Waals surface area contributed by atoms with Gasteiger partial charge in [-0.05, 0) is 55.0 Å². The molecule has 2 aromatic carbocycles. The first-order valence-corrected chi connectivity index (χ1v) is 11.1. The van der Waals surface area contributed by atoms with Crippen LogP contribution in [0.25, 0.3) is 0 Å². The summed E-state index contributed by atoms with van der Waals surface area (Å²) in [6.45, 7) is 2.94. The van der Waals surface area contributed by atoms with E-state index in [0.29, 0.717) is 12.5 Å². The fraction of sp³-hybridized carbons (Fsp3) is 0.480. The van der Waals surface area contributed by atoms with E-state index in [4.69, 9.17) is 9.47 Å². The summed E-state index contributed by atoms with van der Waals surface area (Å²) in [5.41, 5.74) is 1.87. The van der Waals surface area contributed by atoms with Crippen molar-refractivity contribution in [3.05, 3.63) is 53.6 Å². The van der Waals surface area contributed by atoms with E-state index in [2.05, 4.69) is 11.0 Å². The molecule has 1 N–H and O–H groups in total. The second kappa shape index (κ2) is 7.86. The Morgan fingerprint density at radius 2 is 2.00 bits per heavy atom. The molecule has 1 saturated heterocycles. The van der Waals surface area contributed by atoms with Crippen molar-refractivity contribution in [1.29, 1.82) is 0 Å². The molecule has 1 unspecified atom stereocenters. The first-order chi connectivity index (χ1) is 14.6. The van der Waals surface area contributed by atoms with Crippen molar-refractivity contribution in [2.45, 2.75) is 43.9 Å². The minimum Gasteiger partial charge on any atom is -0.508 e. The number of carbonyl (C=O) groups is 1. The molecule has 1 aliphatic carbocycles.